The van der Waals surface area contributed by atoms with Gasteiger partial charge in [-0.15, -0.1) is 0 Å². The quantitative estimate of drug-likeness (QED) is 0.683. The van der Waals surface area contributed by atoms with Crippen molar-refractivity contribution >= 4 is 11.8 Å². The average molecular weight is 334 g/mol. The van der Waals surface area contributed by atoms with E-state index in [1.807, 2.05) is 55.5 Å². The second-order valence-electron chi connectivity index (χ2n) is 5.76. The van der Waals surface area contributed by atoms with Crippen molar-refractivity contribution in [2.24, 2.45) is 0 Å². The number of hydrogen-bond acceptors (Lipinski definition) is 5. The number of nitrogens with one attached hydrogen (secondary N) is 2. The third-order valence-electron chi connectivity index (χ3n) is 3.78. The van der Waals surface area contributed by atoms with Crippen LogP contribution in [0.2, 0.25) is 0 Å². The number of aryl methyl sites for hydroxylation is 1. The van der Waals surface area contributed by atoms with Crippen molar-refractivity contribution in [1.82, 2.24) is 9.97 Å². The minimum atomic E-state index is 0.626. The van der Waals surface area contributed by atoms with E-state index in [1.54, 1.807) is 7.11 Å². The fourth-order valence-corrected chi connectivity index (χ4v) is 2.45. The number of aromatic nitrogens is 2. The third kappa shape index (κ3) is 4.94. The summed E-state index contributed by atoms with van der Waals surface area (Å²) in [7, 11) is 1.67. The molecular weight excluding hydrogens is 312 g/mol. The molecule has 0 spiro atoms. The van der Waals surface area contributed by atoms with Crippen LogP contribution in [-0.2, 0) is 13.1 Å². The monoisotopic (exact) mass is 334 g/mol. The van der Waals surface area contributed by atoms with Gasteiger partial charge in [0, 0.05) is 24.8 Å². The van der Waals surface area contributed by atoms with E-state index in [2.05, 4.69) is 32.7 Å². The number of methoxy groups -OCH3 is 1. The van der Waals surface area contributed by atoms with Crippen LogP contribution in [0.1, 0.15) is 16.8 Å². The number of anilines is 2. The van der Waals surface area contributed by atoms with Crippen molar-refractivity contribution in [3.63, 3.8) is 0 Å². The highest BCUT2D eigenvalue weighted by Gasteiger charge is 2.03. The van der Waals surface area contributed by atoms with Gasteiger partial charge in [0.15, 0.2) is 0 Å². The van der Waals surface area contributed by atoms with Gasteiger partial charge in [-0.25, -0.2) is 4.98 Å². The highest BCUT2D eigenvalue weighted by molar-refractivity contribution is 5.43. The molecule has 2 N–H and O–H groups in total. The lowest BCUT2D eigenvalue weighted by Crippen LogP contribution is -2.08. The van der Waals surface area contributed by atoms with E-state index < -0.39 is 0 Å². The van der Waals surface area contributed by atoms with Crippen molar-refractivity contribution in [3.05, 3.63) is 77.5 Å². The van der Waals surface area contributed by atoms with Gasteiger partial charge >= 0.3 is 0 Å². The highest BCUT2D eigenvalue weighted by atomic mass is 16.5. The van der Waals surface area contributed by atoms with Crippen molar-refractivity contribution in [2.75, 3.05) is 17.7 Å². The lowest BCUT2D eigenvalue weighted by Gasteiger charge is -2.10. The first-order valence-electron chi connectivity index (χ1n) is 8.23. The zero-order valence-electron chi connectivity index (χ0n) is 14.5. The van der Waals surface area contributed by atoms with Crippen molar-refractivity contribution < 1.29 is 4.74 Å². The van der Waals surface area contributed by atoms with Gasteiger partial charge in [0.05, 0.1) is 7.11 Å². The molecule has 0 saturated heterocycles. The molecule has 0 aliphatic rings. The Morgan fingerprint density at radius 2 is 1.52 bits per heavy atom. The Bertz CT molecular complexity index is 804. The van der Waals surface area contributed by atoms with Gasteiger partial charge in [-0.1, -0.05) is 42.5 Å². The van der Waals surface area contributed by atoms with Gasteiger partial charge in [-0.2, -0.15) is 4.98 Å². The lowest BCUT2D eigenvalue weighted by atomic mass is 10.2. The Balaban J connectivity index is 1.62. The second-order valence-corrected chi connectivity index (χ2v) is 5.76. The number of rotatable bonds is 7. The summed E-state index contributed by atoms with van der Waals surface area (Å²) in [6, 6.07) is 20.1. The molecule has 0 radical (unpaired) electrons. The summed E-state index contributed by atoms with van der Waals surface area (Å²) in [5.41, 5.74) is 3.28. The minimum Gasteiger partial charge on any atom is -0.497 e. The number of hydrogen-bond donors (Lipinski definition) is 2. The van der Waals surface area contributed by atoms with Gasteiger partial charge in [0.2, 0.25) is 5.95 Å². The predicted octanol–water partition coefficient (Wildman–Crippen LogP) is 4.02. The molecule has 0 unspecified atom stereocenters. The molecule has 2 aromatic carbocycles. The molecule has 0 saturated carbocycles. The molecule has 0 amide bonds. The van der Waals surface area contributed by atoms with E-state index >= 15 is 0 Å². The topological polar surface area (TPSA) is 59.1 Å². The zero-order valence-corrected chi connectivity index (χ0v) is 14.5. The van der Waals surface area contributed by atoms with Crippen molar-refractivity contribution in [1.29, 1.82) is 0 Å². The SMILES string of the molecule is COc1ccc(CNc2cc(C)nc(NCc3ccccc3)n2)cc1. The van der Waals surface area contributed by atoms with Crippen molar-refractivity contribution in [3.8, 4) is 5.75 Å². The molecule has 5 nitrogen and oxygen atoms in total. The second kappa shape index (κ2) is 8.15. The number of nitrogens with zero attached hydrogens (tertiary/aromatic N) is 2. The van der Waals surface area contributed by atoms with Gasteiger partial charge in [0.1, 0.15) is 11.6 Å². The van der Waals surface area contributed by atoms with E-state index in [0.29, 0.717) is 19.0 Å². The van der Waals surface area contributed by atoms with Gasteiger partial charge in [-0.05, 0) is 30.2 Å². The molecule has 0 aliphatic heterocycles. The van der Waals surface area contributed by atoms with Gasteiger partial charge in [0.25, 0.3) is 0 Å². The molecule has 1 aromatic heterocycles. The molecule has 0 atom stereocenters. The van der Waals surface area contributed by atoms with Crippen LogP contribution >= 0.6 is 0 Å². The summed E-state index contributed by atoms with van der Waals surface area (Å²) in [6.45, 7) is 3.36. The number of ether oxygens (including phenoxy) is 1. The number of benzene rings is 2. The summed E-state index contributed by atoms with van der Waals surface area (Å²) in [4.78, 5) is 8.99. The Morgan fingerprint density at radius 1 is 0.840 bits per heavy atom. The molecule has 0 fully saturated rings. The first kappa shape index (κ1) is 16.8. The maximum Gasteiger partial charge on any atom is 0.225 e. The van der Waals surface area contributed by atoms with Gasteiger partial charge in [-0.3, -0.25) is 0 Å². The largest absolute Gasteiger partial charge is 0.497 e. The fraction of sp³-hybridized carbons (Fsp3) is 0.200. The summed E-state index contributed by atoms with van der Waals surface area (Å²) in [5.74, 6) is 2.29. The van der Waals surface area contributed by atoms with Crippen LogP contribution in [0.15, 0.2) is 60.7 Å². The van der Waals surface area contributed by atoms with Crippen LogP contribution < -0.4 is 15.4 Å². The van der Waals surface area contributed by atoms with Crippen LogP contribution in [0.5, 0.6) is 5.75 Å². The molecule has 3 aromatic rings. The van der Waals surface area contributed by atoms with Crippen molar-refractivity contribution in [2.45, 2.75) is 20.0 Å². The van der Waals surface area contributed by atoms with Crippen LogP contribution in [0.3, 0.4) is 0 Å². The molecule has 0 bridgehead atoms. The summed E-state index contributed by atoms with van der Waals surface area (Å²) in [5, 5.41) is 6.62. The summed E-state index contributed by atoms with van der Waals surface area (Å²) < 4.78 is 5.18. The molecule has 3 rings (SSSR count). The normalized spacial score (nSPS) is 10.3. The summed E-state index contributed by atoms with van der Waals surface area (Å²) >= 11 is 0. The van der Waals surface area contributed by atoms with E-state index in [4.69, 9.17) is 4.74 Å². The van der Waals surface area contributed by atoms with Gasteiger partial charge < -0.3 is 15.4 Å². The Morgan fingerprint density at radius 3 is 2.24 bits per heavy atom. The molecule has 25 heavy (non-hydrogen) atoms. The fourth-order valence-electron chi connectivity index (χ4n) is 2.45. The average Bonchev–Trinajstić information content (AvgIpc) is 2.66. The van der Waals surface area contributed by atoms with E-state index in [-0.39, 0.29) is 0 Å². The van der Waals surface area contributed by atoms with E-state index in [1.165, 1.54) is 5.56 Å². The lowest BCUT2D eigenvalue weighted by molar-refractivity contribution is 0.414. The molecule has 5 heteroatoms. The standard InChI is InChI=1S/C20H22N4O/c1-15-12-19(21-13-17-8-10-18(25-2)11-9-17)24-20(23-15)22-14-16-6-4-3-5-7-16/h3-12H,13-14H2,1-2H3,(H2,21,22,23,24). The van der Waals surface area contributed by atoms with E-state index in [9.17, 15) is 0 Å². The van der Waals surface area contributed by atoms with E-state index in [0.717, 1.165) is 22.8 Å². The Kier molecular flexibility index (Phi) is 5.46. The third-order valence-corrected chi connectivity index (χ3v) is 3.78. The maximum absolute atomic E-state index is 5.18. The maximum atomic E-state index is 5.18. The van der Waals surface area contributed by atoms with Crippen LogP contribution in [0.25, 0.3) is 0 Å². The smallest absolute Gasteiger partial charge is 0.225 e. The zero-order chi connectivity index (χ0) is 17.5. The Hall–Kier alpha value is -3.08. The molecule has 1 heterocycles. The first-order valence-corrected chi connectivity index (χ1v) is 8.23. The first-order chi connectivity index (χ1) is 12.2. The Labute approximate surface area is 148 Å². The minimum absolute atomic E-state index is 0.626. The highest BCUT2D eigenvalue weighted by Crippen LogP contribution is 2.14. The van der Waals surface area contributed by atoms with Crippen LogP contribution in [0, 0.1) is 6.92 Å². The molecular formula is C20H22N4O. The predicted molar refractivity (Wildman–Crippen MR) is 101 cm³/mol. The molecule has 128 valence electrons. The summed E-state index contributed by atoms with van der Waals surface area (Å²) in [6.07, 6.45) is 0. The van der Waals surface area contributed by atoms with Crippen LogP contribution in [0.4, 0.5) is 11.8 Å². The molecule has 0 aliphatic carbocycles. The van der Waals surface area contributed by atoms with Crippen LogP contribution in [-0.4, -0.2) is 17.1 Å².